The van der Waals surface area contributed by atoms with Gasteiger partial charge < -0.3 is 4.98 Å². The quantitative estimate of drug-likeness (QED) is 0.255. The second-order valence-corrected chi connectivity index (χ2v) is 14.3. The number of nitrogens with one attached hydrogen (secondary N) is 1. The first-order valence-corrected chi connectivity index (χ1v) is 15.9. The van der Waals surface area contributed by atoms with Crippen LogP contribution in [-0.4, -0.2) is 98.4 Å². The Kier molecular flexibility index (Phi) is 7.74. The van der Waals surface area contributed by atoms with Crippen molar-refractivity contribution in [3.05, 3.63) is 42.2 Å². The van der Waals surface area contributed by atoms with Gasteiger partial charge in [0.2, 0.25) is 0 Å². The minimum absolute atomic E-state index is 0.109. The zero-order chi connectivity index (χ0) is 29.1. The Labute approximate surface area is 249 Å². The van der Waals surface area contributed by atoms with Crippen molar-refractivity contribution in [3.8, 4) is 0 Å². The third-order valence-electron chi connectivity index (χ3n) is 8.92. The zero-order valence-electron chi connectivity index (χ0n) is 24.5. The van der Waals surface area contributed by atoms with Gasteiger partial charge in [-0.2, -0.15) is 0 Å². The number of fused-ring (bicyclic) bond motifs is 2. The van der Waals surface area contributed by atoms with E-state index in [1.807, 2.05) is 0 Å². The Hall–Kier alpha value is -2.36. The van der Waals surface area contributed by atoms with Gasteiger partial charge in [-0.3, -0.25) is 0 Å². The molecule has 0 spiro atoms. The number of rotatable bonds is 8. The second-order valence-electron chi connectivity index (χ2n) is 13.1. The van der Waals surface area contributed by atoms with E-state index in [9.17, 15) is 10.2 Å². The summed E-state index contributed by atoms with van der Waals surface area (Å²) in [6.07, 6.45) is 4.09. The molecule has 3 N–H and O–H groups in total. The van der Waals surface area contributed by atoms with Crippen LogP contribution in [0.3, 0.4) is 0 Å². The molecule has 1 aliphatic heterocycles. The van der Waals surface area contributed by atoms with Crippen molar-refractivity contribution in [2.75, 3.05) is 6.54 Å². The van der Waals surface area contributed by atoms with Crippen molar-refractivity contribution in [3.63, 3.8) is 0 Å². The van der Waals surface area contributed by atoms with Crippen molar-refractivity contribution in [2.45, 2.75) is 102 Å². The normalized spacial score (nSPS) is 27.0. The number of aromatic amines is 1. The van der Waals surface area contributed by atoms with Crippen LogP contribution in [0.1, 0.15) is 71.5 Å². The molecule has 1 saturated heterocycles. The fourth-order valence-corrected chi connectivity index (χ4v) is 6.91. The Morgan fingerprint density at radius 2 is 1.93 bits per heavy atom. The maximum atomic E-state index is 11.0. The molecule has 3 aromatic heterocycles. The summed E-state index contributed by atoms with van der Waals surface area (Å²) in [6.45, 7) is 11.6. The number of hydrogen-bond donors (Lipinski definition) is 3. The predicted molar refractivity (Wildman–Crippen MR) is 161 cm³/mol. The van der Waals surface area contributed by atoms with Crippen LogP contribution in [0.5, 0.6) is 0 Å². The Morgan fingerprint density at radius 3 is 2.66 bits per heavy atom. The maximum absolute atomic E-state index is 11.0. The monoisotopic (exact) mass is 623 g/mol. The van der Waals surface area contributed by atoms with Crippen LogP contribution in [0.25, 0.3) is 22.2 Å². The standard InChI is InChI=1S/C30H42AsN7O3/c1-16(2)37(13-22-25(39)26(40)29(41-22)38-15-34-24-27(31)32-14-33-28(24)38)19-10-17(11-19)6-9-23-35-20-8-7-18(30(3,4)5)12-21(20)36-23/h7-8,12,14-17,19,22,25-26,29,39-40H,6,9-11,13,31H2,1-5H3,(H,35,36)/t17?,19?,22-,25-,26-,29-/m1/s1. The van der Waals surface area contributed by atoms with Crippen LogP contribution in [0.2, 0.25) is 0 Å². The van der Waals surface area contributed by atoms with Gasteiger partial charge >= 0.3 is 160 Å². The summed E-state index contributed by atoms with van der Waals surface area (Å²) in [5, 5.41) is 21.9. The summed E-state index contributed by atoms with van der Waals surface area (Å²) < 4.78 is 8.82. The Balaban J connectivity index is 1.06. The summed E-state index contributed by atoms with van der Waals surface area (Å²) in [5.41, 5.74) is 4.87. The number of nitrogens with zero attached hydrogens (tertiary/aromatic N) is 6. The summed E-state index contributed by atoms with van der Waals surface area (Å²) in [5.74, 6) is 1.71. The third kappa shape index (κ3) is 5.57. The number of aryl methyl sites for hydroxylation is 1. The number of aliphatic hydroxyl groups excluding tert-OH is 2. The molecule has 1 aliphatic carbocycles. The predicted octanol–water partition coefficient (Wildman–Crippen LogP) is 2.00. The molecular formula is C30H42AsN7O3. The Bertz CT molecular complexity index is 1520. The van der Waals surface area contributed by atoms with Crippen LogP contribution >= 0.6 is 0 Å². The molecule has 6 rings (SSSR count). The number of benzene rings is 1. The molecule has 0 bridgehead atoms. The topological polar surface area (TPSA) is 125 Å². The molecule has 4 heterocycles. The van der Waals surface area contributed by atoms with Crippen molar-refractivity contribution in [1.29, 1.82) is 0 Å². The zero-order valence-corrected chi connectivity index (χ0v) is 26.9. The molecule has 41 heavy (non-hydrogen) atoms. The average molecular weight is 624 g/mol. The van der Waals surface area contributed by atoms with Gasteiger partial charge in [0, 0.05) is 6.42 Å². The van der Waals surface area contributed by atoms with E-state index in [1.165, 1.54) is 28.7 Å². The summed E-state index contributed by atoms with van der Waals surface area (Å²) in [4.78, 5) is 23.8. The summed E-state index contributed by atoms with van der Waals surface area (Å²) >= 11 is 1.37. The number of hydrogen-bond acceptors (Lipinski definition) is 8. The van der Waals surface area contributed by atoms with E-state index in [1.54, 1.807) is 10.9 Å². The van der Waals surface area contributed by atoms with Gasteiger partial charge in [0.1, 0.15) is 5.82 Å². The minimum atomic E-state index is -1.07. The molecule has 220 valence electrons. The molecule has 10 nitrogen and oxygen atoms in total. The van der Waals surface area contributed by atoms with Gasteiger partial charge in [-0.25, -0.2) is 4.98 Å². The molecular weight excluding hydrogens is 581 g/mol. The van der Waals surface area contributed by atoms with Crippen LogP contribution < -0.4 is 4.48 Å². The van der Waals surface area contributed by atoms with Gasteiger partial charge in [-0.15, -0.1) is 0 Å². The number of aliphatic hydroxyl groups is 2. The molecule has 1 saturated carbocycles. The van der Waals surface area contributed by atoms with E-state index < -0.39 is 24.5 Å². The number of imidazole rings is 2. The van der Waals surface area contributed by atoms with Crippen LogP contribution in [0.4, 0.5) is 0 Å². The van der Waals surface area contributed by atoms with Crippen molar-refractivity contribution in [1.82, 2.24) is 34.4 Å². The average Bonchev–Trinajstić information content (AvgIpc) is 3.58. The first-order chi connectivity index (χ1) is 19.5. The number of ether oxygens (including phenoxy) is 1. The Morgan fingerprint density at radius 1 is 1.15 bits per heavy atom. The van der Waals surface area contributed by atoms with E-state index in [0.29, 0.717) is 35.7 Å². The molecule has 5 atom stereocenters. The molecule has 2 fully saturated rings. The fourth-order valence-electron chi connectivity index (χ4n) is 6.35. The van der Waals surface area contributed by atoms with Crippen LogP contribution in [0, 0.1) is 5.92 Å². The molecule has 4 aromatic rings. The van der Waals surface area contributed by atoms with Crippen molar-refractivity contribution in [2.24, 2.45) is 5.92 Å². The van der Waals surface area contributed by atoms with Crippen molar-refractivity contribution < 1.29 is 14.9 Å². The molecule has 11 heteroatoms. The SMILES string of the molecule is CC(C)N(C[C@H]1O[C@@H](n2cnc3c([AsH2])ncnc32)[C@H](O)[C@@H]1O)C1CC(CCc2nc3cc(C(C)(C)C)ccc3[nH]2)C1. The van der Waals surface area contributed by atoms with Gasteiger partial charge in [-0.1, -0.05) is 26.8 Å². The van der Waals surface area contributed by atoms with Crippen LogP contribution in [0.15, 0.2) is 30.9 Å². The second kappa shape index (κ2) is 11.0. The van der Waals surface area contributed by atoms with Gasteiger partial charge in [0.25, 0.3) is 0 Å². The third-order valence-corrected chi connectivity index (χ3v) is 9.81. The van der Waals surface area contributed by atoms with E-state index in [2.05, 4.69) is 77.7 Å². The summed E-state index contributed by atoms with van der Waals surface area (Å²) in [6, 6.07) is 7.29. The molecule has 2 aliphatic rings. The number of aromatic nitrogens is 6. The van der Waals surface area contributed by atoms with Crippen LogP contribution in [-0.2, 0) is 16.6 Å². The molecule has 0 amide bonds. The van der Waals surface area contributed by atoms with Gasteiger partial charge in [0.05, 0.1) is 11.0 Å². The fraction of sp³-hybridized carbons (Fsp3) is 0.600. The van der Waals surface area contributed by atoms with Gasteiger partial charge in [-0.05, 0) is 29.5 Å². The molecule has 1 unspecified atom stereocenters. The van der Waals surface area contributed by atoms with Crippen molar-refractivity contribution >= 4 is 43.5 Å². The van der Waals surface area contributed by atoms with Gasteiger partial charge in [0.15, 0.2) is 0 Å². The van der Waals surface area contributed by atoms with E-state index in [-0.39, 0.29) is 5.41 Å². The first kappa shape index (κ1) is 28.7. The van der Waals surface area contributed by atoms with E-state index >= 15 is 0 Å². The first-order valence-electron chi connectivity index (χ1n) is 14.7. The molecule has 0 radical (unpaired) electrons. The van der Waals surface area contributed by atoms with E-state index in [0.717, 1.165) is 47.0 Å². The summed E-state index contributed by atoms with van der Waals surface area (Å²) in [7, 11) is 0. The molecule has 1 aromatic carbocycles. The number of H-pyrrole nitrogens is 1. The van der Waals surface area contributed by atoms with E-state index in [4.69, 9.17) is 9.72 Å².